The smallest absolute Gasteiger partial charge is 0.319 e. The Balaban J connectivity index is 2.42. The van der Waals surface area contributed by atoms with Crippen LogP contribution in [0.15, 0.2) is 18.2 Å². The number of hydrogen-bond donors (Lipinski definition) is 3. The Morgan fingerprint density at radius 1 is 1.50 bits per heavy atom. The molecule has 0 bridgehead atoms. The van der Waals surface area contributed by atoms with Crippen LogP contribution in [0.3, 0.4) is 0 Å². The fourth-order valence-corrected chi connectivity index (χ4v) is 1.45. The fourth-order valence-electron chi connectivity index (χ4n) is 1.45. The number of aliphatic hydroxyl groups is 1. The first kappa shape index (κ1) is 14.4. The summed E-state index contributed by atoms with van der Waals surface area (Å²) in [5.74, 6) is -0.391. The van der Waals surface area contributed by atoms with E-state index in [0.717, 1.165) is 5.56 Å². The predicted molar refractivity (Wildman–Crippen MR) is 69.1 cm³/mol. The number of amides is 2. The minimum atomic E-state index is -0.402. The molecule has 0 fully saturated rings. The lowest BCUT2D eigenvalue weighted by Crippen LogP contribution is -2.31. The Kier molecular flexibility index (Phi) is 5.58. The van der Waals surface area contributed by atoms with Gasteiger partial charge in [-0.3, -0.25) is 0 Å². The maximum absolute atomic E-state index is 13.0. The highest BCUT2D eigenvalue weighted by Gasteiger charge is 2.06. The van der Waals surface area contributed by atoms with Gasteiger partial charge in [-0.25, -0.2) is 9.18 Å². The summed E-state index contributed by atoms with van der Waals surface area (Å²) in [6, 6.07) is 3.82. The molecule has 5 heteroatoms. The number of carbonyl (C=O) groups is 1. The number of anilines is 1. The molecule has 1 rings (SSSR count). The van der Waals surface area contributed by atoms with Crippen molar-refractivity contribution in [3.05, 3.63) is 29.6 Å². The van der Waals surface area contributed by atoms with Gasteiger partial charge in [0.15, 0.2) is 0 Å². The lowest BCUT2D eigenvalue weighted by molar-refractivity contribution is 0.160. The number of hydrogen-bond acceptors (Lipinski definition) is 2. The highest BCUT2D eigenvalue weighted by Crippen LogP contribution is 2.15. The summed E-state index contributed by atoms with van der Waals surface area (Å²) in [6.45, 7) is 4.05. The molecule has 1 unspecified atom stereocenters. The molecule has 0 saturated heterocycles. The van der Waals surface area contributed by atoms with Crippen LogP contribution in [-0.4, -0.2) is 23.8 Å². The third kappa shape index (κ3) is 4.71. The van der Waals surface area contributed by atoms with E-state index in [0.29, 0.717) is 25.1 Å². The van der Waals surface area contributed by atoms with Crippen molar-refractivity contribution < 1.29 is 14.3 Å². The zero-order valence-corrected chi connectivity index (χ0v) is 10.7. The SMILES string of the molecule is CCC(O)CCNC(=O)Nc1cc(F)ccc1C. The van der Waals surface area contributed by atoms with E-state index in [4.69, 9.17) is 0 Å². The molecular weight excluding hydrogens is 235 g/mol. The average molecular weight is 254 g/mol. The molecule has 4 nitrogen and oxygen atoms in total. The van der Waals surface area contributed by atoms with E-state index in [1.54, 1.807) is 13.0 Å². The van der Waals surface area contributed by atoms with E-state index < -0.39 is 18.0 Å². The second-order valence-electron chi connectivity index (χ2n) is 4.19. The largest absolute Gasteiger partial charge is 0.393 e. The Bertz CT molecular complexity index is 410. The summed E-state index contributed by atoms with van der Waals surface area (Å²) in [7, 11) is 0. The van der Waals surface area contributed by atoms with Crippen LogP contribution in [0.5, 0.6) is 0 Å². The van der Waals surface area contributed by atoms with Gasteiger partial charge in [0.05, 0.1) is 6.10 Å². The molecule has 0 aromatic heterocycles. The van der Waals surface area contributed by atoms with E-state index in [1.165, 1.54) is 12.1 Å². The normalized spacial score (nSPS) is 12.0. The zero-order chi connectivity index (χ0) is 13.5. The molecule has 100 valence electrons. The highest BCUT2D eigenvalue weighted by atomic mass is 19.1. The number of carbonyl (C=O) groups excluding carboxylic acids is 1. The van der Waals surface area contributed by atoms with Crippen molar-refractivity contribution in [1.29, 1.82) is 0 Å². The van der Waals surface area contributed by atoms with Crippen LogP contribution in [0.25, 0.3) is 0 Å². The number of aryl methyl sites for hydroxylation is 1. The minimum absolute atomic E-state index is 0.384. The molecule has 0 spiro atoms. The van der Waals surface area contributed by atoms with Gasteiger partial charge in [0, 0.05) is 12.2 Å². The van der Waals surface area contributed by atoms with Crippen LogP contribution in [-0.2, 0) is 0 Å². The van der Waals surface area contributed by atoms with Crippen molar-refractivity contribution in [1.82, 2.24) is 5.32 Å². The Labute approximate surface area is 106 Å². The third-order valence-corrected chi connectivity index (χ3v) is 2.68. The molecule has 0 aliphatic rings. The number of rotatable bonds is 5. The first-order chi connectivity index (χ1) is 8.52. The number of halogens is 1. The molecule has 3 N–H and O–H groups in total. The van der Waals surface area contributed by atoms with Gasteiger partial charge in [-0.1, -0.05) is 13.0 Å². The van der Waals surface area contributed by atoms with Gasteiger partial charge < -0.3 is 15.7 Å². The molecular formula is C13H19FN2O2. The average Bonchev–Trinajstić information content (AvgIpc) is 2.33. The first-order valence-electron chi connectivity index (χ1n) is 6.02. The molecule has 0 heterocycles. The van der Waals surface area contributed by atoms with Gasteiger partial charge in [-0.05, 0) is 37.5 Å². The summed E-state index contributed by atoms with van der Waals surface area (Å²) < 4.78 is 13.0. The third-order valence-electron chi connectivity index (χ3n) is 2.68. The van der Waals surface area contributed by atoms with Gasteiger partial charge in [0.2, 0.25) is 0 Å². The van der Waals surface area contributed by atoms with Crippen molar-refractivity contribution >= 4 is 11.7 Å². The Morgan fingerprint density at radius 2 is 2.22 bits per heavy atom. The zero-order valence-electron chi connectivity index (χ0n) is 10.7. The van der Waals surface area contributed by atoms with Crippen molar-refractivity contribution in [2.75, 3.05) is 11.9 Å². The van der Waals surface area contributed by atoms with E-state index in [2.05, 4.69) is 10.6 Å². The number of aliphatic hydroxyl groups excluding tert-OH is 1. The maximum Gasteiger partial charge on any atom is 0.319 e. The standard InChI is InChI=1S/C13H19FN2O2/c1-3-11(17)6-7-15-13(18)16-12-8-10(14)5-4-9(12)2/h4-5,8,11,17H,3,6-7H2,1-2H3,(H2,15,16,18). The van der Waals surface area contributed by atoms with E-state index in [-0.39, 0.29) is 0 Å². The molecule has 1 aromatic rings. The lowest BCUT2D eigenvalue weighted by Gasteiger charge is -2.11. The summed E-state index contributed by atoms with van der Waals surface area (Å²) in [4.78, 5) is 11.5. The summed E-state index contributed by atoms with van der Waals surface area (Å²) in [5, 5.41) is 14.5. The quantitative estimate of drug-likeness (QED) is 0.755. The van der Waals surface area contributed by atoms with Crippen LogP contribution in [0.4, 0.5) is 14.9 Å². The minimum Gasteiger partial charge on any atom is -0.393 e. The molecule has 18 heavy (non-hydrogen) atoms. The Morgan fingerprint density at radius 3 is 2.89 bits per heavy atom. The van der Waals surface area contributed by atoms with Gasteiger partial charge >= 0.3 is 6.03 Å². The van der Waals surface area contributed by atoms with Crippen LogP contribution in [0, 0.1) is 12.7 Å². The number of benzene rings is 1. The van der Waals surface area contributed by atoms with E-state index in [1.807, 2.05) is 6.92 Å². The maximum atomic E-state index is 13.0. The Hall–Kier alpha value is -1.62. The molecule has 0 aliphatic heterocycles. The molecule has 0 saturated carbocycles. The molecule has 2 amide bonds. The van der Waals surface area contributed by atoms with Crippen LogP contribution in [0.2, 0.25) is 0 Å². The van der Waals surface area contributed by atoms with Gasteiger partial charge in [-0.2, -0.15) is 0 Å². The second kappa shape index (κ2) is 6.96. The molecule has 1 aromatic carbocycles. The highest BCUT2D eigenvalue weighted by molar-refractivity contribution is 5.89. The summed E-state index contributed by atoms with van der Waals surface area (Å²) in [6.07, 6.45) is 0.763. The van der Waals surface area contributed by atoms with Crippen molar-refractivity contribution in [3.63, 3.8) is 0 Å². The number of nitrogens with one attached hydrogen (secondary N) is 2. The van der Waals surface area contributed by atoms with Crippen molar-refractivity contribution in [2.45, 2.75) is 32.8 Å². The number of urea groups is 1. The second-order valence-corrected chi connectivity index (χ2v) is 4.19. The topological polar surface area (TPSA) is 61.4 Å². The van der Waals surface area contributed by atoms with Gasteiger partial charge in [0.25, 0.3) is 0 Å². The summed E-state index contributed by atoms with van der Waals surface area (Å²) in [5.41, 5.74) is 1.24. The predicted octanol–water partition coefficient (Wildman–Crippen LogP) is 2.42. The monoisotopic (exact) mass is 254 g/mol. The van der Waals surface area contributed by atoms with Crippen molar-refractivity contribution in [2.24, 2.45) is 0 Å². The summed E-state index contributed by atoms with van der Waals surface area (Å²) >= 11 is 0. The first-order valence-corrected chi connectivity index (χ1v) is 6.02. The van der Waals surface area contributed by atoms with E-state index >= 15 is 0 Å². The van der Waals surface area contributed by atoms with Crippen LogP contribution in [0.1, 0.15) is 25.3 Å². The van der Waals surface area contributed by atoms with Crippen LogP contribution < -0.4 is 10.6 Å². The van der Waals surface area contributed by atoms with Crippen LogP contribution >= 0.6 is 0 Å². The molecule has 1 atom stereocenters. The molecule has 0 aliphatic carbocycles. The lowest BCUT2D eigenvalue weighted by atomic mass is 10.2. The van der Waals surface area contributed by atoms with Gasteiger partial charge in [-0.15, -0.1) is 0 Å². The molecule has 0 radical (unpaired) electrons. The van der Waals surface area contributed by atoms with E-state index in [9.17, 15) is 14.3 Å². The fraction of sp³-hybridized carbons (Fsp3) is 0.462. The van der Waals surface area contributed by atoms with Crippen molar-refractivity contribution in [3.8, 4) is 0 Å². The van der Waals surface area contributed by atoms with Gasteiger partial charge in [0.1, 0.15) is 5.82 Å².